The number of benzene rings is 2. The van der Waals surface area contributed by atoms with Gasteiger partial charge in [-0.3, -0.25) is 9.59 Å². The quantitative estimate of drug-likeness (QED) is 0.341. The lowest BCUT2D eigenvalue weighted by Crippen LogP contribution is -2.35. The maximum atomic E-state index is 13.7. The van der Waals surface area contributed by atoms with Crippen LogP contribution in [0.4, 0.5) is 0 Å². The average molecular weight is 516 g/mol. The fraction of sp³-hybridized carbons (Fsp3) is 0.321. The van der Waals surface area contributed by atoms with E-state index in [2.05, 4.69) is 15.2 Å². The van der Waals surface area contributed by atoms with Crippen molar-refractivity contribution in [2.75, 3.05) is 6.54 Å². The summed E-state index contributed by atoms with van der Waals surface area (Å²) in [6.07, 6.45) is 2.28. The largest absolute Gasteiger partial charge is 0.419 e. The van der Waals surface area contributed by atoms with Gasteiger partial charge in [0.05, 0.1) is 11.6 Å². The summed E-state index contributed by atoms with van der Waals surface area (Å²) in [6.45, 7) is 5.90. The van der Waals surface area contributed by atoms with Crippen LogP contribution >= 0.6 is 11.3 Å². The second kappa shape index (κ2) is 9.99. The highest BCUT2D eigenvalue weighted by molar-refractivity contribution is 7.09. The number of nitrogens with zero attached hydrogens (tertiary/aromatic N) is 4. The number of thiazole rings is 1. The Balaban J connectivity index is 1.46. The minimum atomic E-state index is -0.891. The molecule has 1 aliphatic rings. The maximum absolute atomic E-state index is 13.7. The second-order valence-corrected chi connectivity index (χ2v) is 10.7. The van der Waals surface area contributed by atoms with E-state index in [0.717, 1.165) is 29.1 Å². The van der Waals surface area contributed by atoms with Crippen LogP contribution in [0.15, 0.2) is 58.3 Å². The Morgan fingerprint density at radius 1 is 1.16 bits per heavy atom. The van der Waals surface area contributed by atoms with Gasteiger partial charge in [-0.15, -0.1) is 21.5 Å². The molecule has 1 fully saturated rings. The third kappa shape index (κ3) is 5.23. The summed E-state index contributed by atoms with van der Waals surface area (Å²) in [7, 11) is 0. The number of hydrogen-bond acceptors (Lipinski definition) is 8. The monoisotopic (exact) mass is 515 g/mol. The Hall–Kier alpha value is -3.69. The SMILES string of the molecule is CC(=O)c1cc(C(=O)N2CCC[C@@H]2c2nc(C)cs2)cc(-c2nnc([C@@](C)(N)Cc3ccccc3)o2)c1. The summed E-state index contributed by atoms with van der Waals surface area (Å²) < 4.78 is 6.00. The van der Waals surface area contributed by atoms with Gasteiger partial charge in [-0.1, -0.05) is 30.3 Å². The molecule has 1 aliphatic heterocycles. The molecular weight excluding hydrogens is 486 g/mol. The molecule has 3 heterocycles. The summed E-state index contributed by atoms with van der Waals surface area (Å²) in [5.74, 6) is 0.195. The minimum Gasteiger partial charge on any atom is -0.419 e. The molecule has 2 atom stereocenters. The topological polar surface area (TPSA) is 115 Å². The molecule has 0 saturated carbocycles. The van der Waals surface area contributed by atoms with Crippen LogP contribution in [0.2, 0.25) is 0 Å². The van der Waals surface area contributed by atoms with Gasteiger partial charge in [0.15, 0.2) is 5.78 Å². The second-order valence-electron chi connectivity index (χ2n) is 9.83. The number of aromatic nitrogens is 3. The van der Waals surface area contributed by atoms with Gasteiger partial charge in [0.25, 0.3) is 5.91 Å². The van der Waals surface area contributed by atoms with Gasteiger partial charge >= 0.3 is 0 Å². The van der Waals surface area contributed by atoms with E-state index in [1.165, 1.54) is 6.92 Å². The summed E-state index contributed by atoms with van der Waals surface area (Å²) in [4.78, 5) is 32.5. The van der Waals surface area contributed by atoms with E-state index < -0.39 is 5.54 Å². The van der Waals surface area contributed by atoms with Crippen molar-refractivity contribution < 1.29 is 14.0 Å². The predicted molar refractivity (Wildman–Crippen MR) is 141 cm³/mol. The first-order chi connectivity index (χ1) is 17.7. The van der Waals surface area contributed by atoms with Crippen molar-refractivity contribution in [3.05, 3.63) is 87.2 Å². The number of carbonyl (C=O) groups excluding carboxylic acids is 2. The molecule has 0 aliphatic carbocycles. The molecule has 1 amide bonds. The van der Waals surface area contributed by atoms with Gasteiger partial charge in [0.1, 0.15) is 5.01 Å². The van der Waals surface area contributed by atoms with Crippen molar-refractivity contribution in [3.63, 3.8) is 0 Å². The number of carbonyl (C=O) groups is 2. The zero-order valence-electron chi connectivity index (χ0n) is 21.1. The first kappa shape index (κ1) is 25.0. The Morgan fingerprint density at radius 2 is 1.92 bits per heavy atom. The molecule has 8 nitrogen and oxygen atoms in total. The number of likely N-dealkylation sites (tertiary alicyclic amines) is 1. The molecule has 2 N–H and O–H groups in total. The van der Waals surface area contributed by atoms with Crippen molar-refractivity contribution in [1.29, 1.82) is 0 Å². The minimum absolute atomic E-state index is 0.0680. The highest BCUT2D eigenvalue weighted by Crippen LogP contribution is 2.35. The normalized spacial score (nSPS) is 17.1. The Kier molecular flexibility index (Phi) is 6.74. The van der Waals surface area contributed by atoms with Crippen molar-refractivity contribution >= 4 is 23.0 Å². The van der Waals surface area contributed by atoms with Gasteiger partial charge in [-0.05, 0) is 63.8 Å². The standard InChI is InChI=1S/C28H29N5O3S/c1-17-16-37-25(30-17)23-10-7-11-33(23)26(35)22-13-20(18(2)34)12-21(14-22)24-31-32-27(36-24)28(3,29)15-19-8-5-4-6-9-19/h4-6,8-9,12-14,16,23H,7,10-11,15,29H2,1-3H3/t23-,28+/m1/s1. The smallest absolute Gasteiger partial charge is 0.254 e. The molecule has 190 valence electrons. The van der Waals surface area contributed by atoms with Crippen molar-refractivity contribution in [3.8, 4) is 11.5 Å². The molecule has 4 aromatic rings. The summed E-state index contributed by atoms with van der Waals surface area (Å²) in [6, 6.07) is 14.8. The van der Waals surface area contributed by atoms with E-state index in [9.17, 15) is 9.59 Å². The highest BCUT2D eigenvalue weighted by atomic mass is 32.1. The molecule has 0 radical (unpaired) electrons. The summed E-state index contributed by atoms with van der Waals surface area (Å²) in [5, 5.41) is 11.4. The van der Waals surface area contributed by atoms with Crippen molar-refractivity contribution in [2.45, 2.75) is 51.6 Å². The van der Waals surface area contributed by atoms with Crippen molar-refractivity contribution in [2.24, 2.45) is 5.73 Å². The molecule has 5 rings (SSSR count). The van der Waals surface area contributed by atoms with Gasteiger partial charge in [0.2, 0.25) is 11.8 Å². The third-order valence-electron chi connectivity index (χ3n) is 6.60. The molecule has 2 aromatic heterocycles. The number of nitrogens with two attached hydrogens (primary N) is 1. The zero-order chi connectivity index (χ0) is 26.2. The number of aryl methyl sites for hydroxylation is 1. The lowest BCUT2D eigenvalue weighted by molar-refractivity contribution is 0.0735. The van der Waals surface area contributed by atoms with Gasteiger partial charge < -0.3 is 15.1 Å². The number of amides is 1. The van der Waals surface area contributed by atoms with Crippen LogP contribution in [0.3, 0.4) is 0 Å². The molecule has 0 unspecified atom stereocenters. The van der Waals surface area contributed by atoms with Crippen LogP contribution in [0, 0.1) is 6.92 Å². The number of ketones is 1. The fourth-order valence-corrected chi connectivity index (χ4v) is 5.64. The molecular formula is C28H29N5O3S. The lowest BCUT2D eigenvalue weighted by Gasteiger charge is -2.23. The molecule has 2 aromatic carbocycles. The van der Waals surface area contributed by atoms with Crippen LogP contribution in [0.5, 0.6) is 0 Å². The van der Waals surface area contributed by atoms with Gasteiger partial charge in [-0.25, -0.2) is 4.98 Å². The van der Waals surface area contributed by atoms with E-state index in [1.54, 1.807) is 29.5 Å². The van der Waals surface area contributed by atoms with Gasteiger partial charge in [-0.2, -0.15) is 0 Å². The van der Waals surface area contributed by atoms with Crippen LogP contribution in [-0.2, 0) is 12.0 Å². The van der Waals surface area contributed by atoms with E-state index in [-0.39, 0.29) is 29.5 Å². The van der Waals surface area contributed by atoms with Crippen LogP contribution in [-0.4, -0.2) is 38.3 Å². The number of Topliss-reactive ketones (excluding diaryl/α,β-unsaturated/α-hetero) is 1. The van der Waals surface area contributed by atoms with Crippen LogP contribution in [0.1, 0.15) is 75.6 Å². The predicted octanol–water partition coefficient (Wildman–Crippen LogP) is 5.10. The fourth-order valence-electron chi connectivity index (χ4n) is 4.70. The van der Waals surface area contributed by atoms with Crippen LogP contribution < -0.4 is 5.73 Å². The average Bonchev–Trinajstić information content (AvgIpc) is 3.64. The molecule has 0 spiro atoms. The summed E-state index contributed by atoms with van der Waals surface area (Å²) >= 11 is 1.57. The first-order valence-corrected chi connectivity index (χ1v) is 13.2. The number of rotatable bonds is 7. The third-order valence-corrected chi connectivity index (χ3v) is 7.66. The number of hydrogen-bond donors (Lipinski definition) is 1. The first-order valence-electron chi connectivity index (χ1n) is 12.3. The maximum Gasteiger partial charge on any atom is 0.254 e. The summed E-state index contributed by atoms with van der Waals surface area (Å²) in [5.41, 5.74) is 8.98. The van der Waals surface area contributed by atoms with E-state index in [0.29, 0.717) is 29.7 Å². The van der Waals surface area contributed by atoms with Crippen LogP contribution in [0.25, 0.3) is 11.5 Å². The van der Waals surface area contributed by atoms with E-state index >= 15 is 0 Å². The van der Waals surface area contributed by atoms with E-state index in [4.69, 9.17) is 10.2 Å². The molecule has 1 saturated heterocycles. The van der Waals surface area contributed by atoms with Gasteiger partial charge in [0, 0.05) is 34.3 Å². The Labute approximate surface area is 219 Å². The van der Waals surface area contributed by atoms with E-state index in [1.807, 2.05) is 54.5 Å². The highest BCUT2D eigenvalue weighted by Gasteiger charge is 2.33. The lowest BCUT2D eigenvalue weighted by atomic mass is 9.94. The Morgan fingerprint density at radius 3 is 2.62 bits per heavy atom. The zero-order valence-corrected chi connectivity index (χ0v) is 21.9. The van der Waals surface area contributed by atoms with Crippen molar-refractivity contribution in [1.82, 2.24) is 20.1 Å². The molecule has 0 bridgehead atoms. The Bertz CT molecular complexity index is 1440. The molecule has 37 heavy (non-hydrogen) atoms. The molecule has 9 heteroatoms.